The maximum Gasteiger partial charge on any atom is 0.166 e. The lowest BCUT2D eigenvalue weighted by Crippen LogP contribution is -2.22. The molecule has 114 valence electrons. The number of methoxy groups -OCH3 is 1. The second-order valence-corrected chi connectivity index (χ2v) is 5.65. The molecular weight excluding hydrogens is 264 g/mol. The molecule has 1 saturated carbocycles. The summed E-state index contributed by atoms with van der Waals surface area (Å²) >= 11 is 0. The molecule has 4 heteroatoms. The zero-order valence-corrected chi connectivity index (χ0v) is 13.3. The number of nitrogens with zero attached hydrogens (tertiary/aromatic N) is 2. The first-order chi connectivity index (χ1) is 10.1. The van der Waals surface area contributed by atoms with Crippen LogP contribution in [0.25, 0.3) is 0 Å². The number of ether oxygens (including phenoxy) is 1. The maximum atomic E-state index is 12.4. The Morgan fingerprint density at radius 2 is 2.19 bits per heavy atom. The van der Waals surface area contributed by atoms with Crippen molar-refractivity contribution in [2.45, 2.75) is 33.1 Å². The van der Waals surface area contributed by atoms with E-state index in [9.17, 15) is 4.79 Å². The fraction of sp³-hybridized carbons (Fsp3) is 0.529. The minimum atomic E-state index is 0.203. The maximum absolute atomic E-state index is 12.4. The molecule has 1 fully saturated rings. The molecule has 1 aromatic carbocycles. The standard InChI is InChI=1S/C17H24N2O2/c1-5-19(3)11-18-15-9-12(2)14(10-16(15)21-4)17(20)13-7-6-8-13/h9-11,13H,5-8H2,1-4H3. The number of Topliss-reactive ketones (excluding diaryl/α,β-unsaturated/α-hetero) is 1. The van der Waals surface area contributed by atoms with Crippen LogP contribution in [0.5, 0.6) is 5.75 Å². The van der Waals surface area contributed by atoms with E-state index < -0.39 is 0 Å². The molecule has 0 spiro atoms. The molecular formula is C17H24N2O2. The fourth-order valence-corrected chi connectivity index (χ4v) is 2.34. The van der Waals surface area contributed by atoms with Gasteiger partial charge >= 0.3 is 0 Å². The van der Waals surface area contributed by atoms with Crippen LogP contribution in [0.2, 0.25) is 0 Å². The first-order valence-corrected chi connectivity index (χ1v) is 7.54. The minimum absolute atomic E-state index is 0.203. The van der Waals surface area contributed by atoms with Crippen LogP contribution in [0, 0.1) is 12.8 Å². The Labute approximate surface area is 126 Å². The van der Waals surface area contributed by atoms with Crippen molar-refractivity contribution < 1.29 is 9.53 Å². The van der Waals surface area contributed by atoms with Crippen LogP contribution in [0.15, 0.2) is 17.1 Å². The quantitative estimate of drug-likeness (QED) is 0.456. The summed E-state index contributed by atoms with van der Waals surface area (Å²) in [5.74, 6) is 1.11. The first kappa shape index (κ1) is 15.5. The van der Waals surface area contributed by atoms with E-state index >= 15 is 0 Å². The van der Waals surface area contributed by atoms with E-state index in [0.29, 0.717) is 5.75 Å². The number of carbonyl (C=O) groups is 1. The second-order valence-electron chi connectivity index (χ2n) is 5.65. The number of benzene rings is 1. The fourth-order valence-electron chi connectivity index (χ4n) is 2.34. The van der Waals surface area contributed by atoms with Crippen molar-refractivity contribution in [3.8, 4) is 5.75 Å². The highest BCUT2D eigenvalue weighted by molar-refractivity contribution is 6.00. The molecule has 0 heterocycles. The lowest BCUT2D eigenvalue weighted by atomic mass is 9.79. The summed E-state index contributed by atoms with van der Waals surface area (Å²) < 4.78 is 5.40. The molecule has 0 radical (unpaired) electrons. The largest absolute Gasteiger partial charge is 0.494 e. The molecule has 0 N–H and O–H groups in total. The van der Waals surface area contributed by atoms with Gasteiger partial charge in [0.1, 0.15) is 11.4 Å². The van der Waals surface area contributed by atoms with Gasteiger partial charge in [0.2, 0.25) is 0 Å². The van der Waals surface area contributed by atoms with Crippen LogP contribution < -0.4 is 4.74 Å². The summed E-state index contributed by atoms with van der Waals surface area (Å²) in [6.45, 7) is 4.92. The van der Waals surface area contributed by atoms with Gasteiger partial charge in [0.25, 0.3) is 0 Å². The highest BCUT2D eigenvalue weighted by Crippen LogP contribution is 2.35. The summed E-state index contributed by atoms with van der Waals surface area (Å²) in [5, 5.41) is 0. The van der Waals surface area contributed by atoms with Crippen molar-refractivity contribution in [1.29, 1.82) is 0 Å². The minimum Gasteiger partial charge on any atom is -0.494 e. The molecule has 1 aliphatic carbocycles. The van der Waals surface area contributed by atoms with Gasteiger partial charge in [-0.25, -0.2) is 4.99 Å². The van der Waals surface area contributed by atoms with E-state index in [-0.39, 0.29) is 11.7 Å². The SMILES string of the molecule is CCN(C)C=Nc1cc(C)c(C(=O)C2CCC2)cc1OC. The second kappa shape index (κ2) is 6.74. The molecule has 0 aromatic heterocycles. The number of aryl methyl sites for hydroxylation is 1. The highest BCUT2D eigenvalue weighted by atomic mass is 16.5. The third kappa shape index (κ3) is 3.43. The Balaban J connectivity index is 2.30. The molecule has 1 aliphatic rings. The van der Waals surface area contributed by atoms with Crippen LogP contribution in [-0.2, 0) is 0 Å². The molecule has 0 unspecified atom stereocenters. The van der Waals surface area contributed by atoms with Crippen LogP contribution in [0.4, 0.5) is 5.69 Å². The Morgan fingerprint density at radius 1 is 1.48 bits per heavy atom. The molecule has 0 bridgehead atoms. The van der Waals surface area contributed by atoms with Crippen molar-refractivity contribution in [2.75, 3.05) is 20.7 Å². The molecule has 4 nitrogen and oxygen atoms in total. The van der Waals surface area contributed by atoms with E-state index in [2.05, 4.69) is 11.9 Å². The van der Waals surface area contributed by atoms with E-state index in [1.54, 1.807) is 13.4 Å². The normalized spacial score (nSPS) is 15.0. The first-order valence-electron chi connectivity index (χ1n) is 7.54. The van der Waals surface area contributed by atoms with Gasteiger partial charge in [-0.05, 0) is 44.4 Å². The number of carbonyl (C=O) groups excluding carboxylic acids is 1. The van der Waals surface area contributed by atoms with Crippen molar-refractivity contribution in [3.05, 3.63) is 23.3 Å². The number of hydrogen-bond acceptors (Lipinski definition) is 3. The van der Waals surface area contributed by atoms with Gasteiger partial charge in [-0.1, -0.05) is 6.42 Å². The zero-order chi connectivity index (χ0) is 15.4. The average Bonchev–Trinajstić information content (AvgIpc) is 2.42. The van der Waals surface area contributed by atoms with Gasteiger partial charge in [0.05, 0.1) is 13.4 Å². The number of hydrogen-bond donors (Lipinski definition) is 0. The molecule has 1 aromatic rings. The van der Waals surface area contributed by atoms with Crippen LogP contribution >= 0.6 is 0 Å². The summed E-state index contributed by atoms with van der Waals surface area (Å²) in [5.41, 5.74) is 2.51. The van der Waals surface area contributed by atoms with Crippen molar-refractivity contribution in [1.82, 2.24) is 4.90 Å². The Kier molecular flexibility index (Phi) is 4.99. The molecule has 0 aliphatic heterocycles. The number of rotatable bonds is 6. The van der Waals surface area contributed by atoms with E-state index in [1.807, 2.05) is 31.0 Å². The van der Waals surface area contributed by atoms with Crippen molar-refractivity contribution in [2.24, 2.45) is 10.9 Å². The summed E-state index contributed by atoms with van der Waals surface area (Å²) in [6, 6.07) is 3.78. The van der Waals surface area contributed by atoms with Gasteiger partial charge in [-0.15, -0.1) is 0 Å². The Hall–Kier alpha value is -1.84. The molecule has 21 heavy (non-hydrogen) atoms. The topological polar surface area (TPSA) is 41.9 Å². The lowest BCUT2D eigenvalue weighted by molar-refractivity contribution is 0.0854. The van der Waals surface area contributed by atoms with E-state index in [1.165, 1.54) is 0 Å². The monoisotopic (exact) mass is 288 g/mol. The number of aliphatic imine (C=N–C) groups is 1. The Morgan fingerprint density at radius 3 is 2.71 bits per heavy atom. The summed E-state index contributed by atoms with van der Waals surface area (Å²) in [6.07, 6.45) is 4.98. The van der Waals surface area contributed by atoms with Gasteiger partial charge in [0.15, 0.2) is 5.78 Å². The van der Waals surface area contributed by atoms with Crippen molar-refractivity contribution >= 4 is 17.8 Å². The molecule has 0 amide bonds. The van der Waals surface area contributed by atoms with E-state index in [0.717, 1.165) is 42.6 Å². The predicted octanol–water partition coefficient (Wildman–Crippen LogP) is 3.60. The molecule has 0 atom stereocenters. The highest BCUT2D eigenvalue weighted by Gasteiger charge is 2.27. The summed E-state index contributed by atoms with van der Waals surface area (Å²) in [4.78, 5) is 18.9. The lowest BCUT2D eigenvalue weighted by Gasteiger charge is -2.24. The van der Waals surface area contributed by atoms with Gasteiger partial charge in [0, 0.05) is 25.1 Å². The smallest absolute Gasteiger partial charge is 0.166 e. The third-order valence-corrected chi connectivity index (χ3v) is 4.16. The molecule has 0 saturated heterocycles. The predicted molar refractivity (Wildman–Crippen MR) is 85.9 cm³/mol. The summed E-state index contributed by atoms with van der Waals surface area (Å²) in [7, 11) is 3.59. The Bertz CT molecular complexity index is 548. The van der Waals surface area contributed by atoms with Crippen LogP contribution in [0.1, 0.15) is 42.1 Å². The molecule has 2 rings (SSSR count). The van der Waals surface area contributed by atoms with Gasteiger partial charge in [-0.3, -0.25) is 4.79 Å². The third-order valence-electron chi connectivity index (χ3n) is 4.16. The van der Waals surface area contributed by atoms with Crippen molar-refractivity contribution in [3.63, 3.8) is 0 Å². The van der Waals surface area contributed by atoms with Crippen LogP contribution in [0.3, 0.4) is 0 Å². The zero-order valence-electron chi connectivity index (χ0n) is 13.3. The average molecular weight is 288 g/mol. The van der Waals surface area contributed by atoms with Gasteiger partial charge < -0.3 is 9.64 Å². The van der Waals surface area contributed by atoms with Crippen LogP contribution in [-0.4, -0.2) is 37.7 Å². The number of ketones is 1. The van der Waals surface area contributed by atoms with Gasteiger partial charge in [-0.2, -0.15) is 0 Å². The van der Waals surface area contributed by atoms with E-state index in [4.69, 9.17) is 4.74 Å².